The Hall–Kier alpha value is -3.78. The number of hydrogen-bond acceptors (Lipinski definition) is 6. The van der Waals surface area contributed by atoms with Crippen molar-refractivity contribution >= 4 is 28.9 Å². The van der Waals surface area contributed by atoms with Crippen LogP contribution in [0.2, 0.25) is 0 Å². The molecule has 1 fully saturated rings. The number of rotatable bonds is 5. The van der Waals surface area contributed by atoms with E-state index >= 15 is 0 Å². The van der Waals surface area contributed by atoms with Crippen LogP contribution in [0.3, 0.4) is 0 Å². The number of esters is 1. The first-order chi connectivity index (χ1) is 17.6. The Bertz CT molecular complexity index is 1460. The van der Waals surface area contributed by atoms with Crippen molar-refractivity contribution < 1.29 is 9.53 Å². The molecule has 3 aromatic heterocycles. The second-order valence-corrected chi connectivity index (χ2v) is 11.2. The summed E-state index contributed by atoms with van der Waals surface area (Å²) in [6.07, 6.45) is 4.77. The molecule has 8 heteroatoms. The maximum atomic E-state index is 12.1. The number of likely N-dealkylation sites (tertiary alicyclic amines) is 1. The Morgan fingerprint density at radius 3 is 2.68 bits per heavy atom. The van der Waals surface area contributed by atoms with Crippen molar-refractivity contribution in [2.75, 3.05) is 39.2 Å². The first-order valence-electron chi connectivity index (χ1n) is 12.7. The molecule has 0 radical (unpaired) electrons. The summed E-state index contributed by atoms with van der Waals surface area (Å²) < 4.78 is 7.50. The van der Waals surface area contributed by atoms with Crippen molar-refractivity contribution in [3.05, 3.63) is 66.5 Å². The lowest BCUT2D eigenvalue weighted by Crippen LogP contribution is -2.44. The number of carbonyl (C=O) groups excluding carboxylic acids is 1. The largest absolute Gasteiger partial charge is 0.465 e. The highest BCUT2D eigenvalue weighted by molar-refractivity contribution is 5.91. The Labute approximate surface area is 218 Å². The summed E-state index contributed by atoms with van der Waals surface area (Å²) >= 11 is 0. The van der Waals surface area contributed by atoms with E-state index < -0.39 is 0 Å². The number of nitrogens with zero attached hydrogens (tertiary/aromatic N) is 6. The van der Waals surface area contributed by atoms with E-state index in [0.717, 1.165) is 51.8 Å². The molecule has 2 atom stereocenters. The monoisotopic (exact) mass is 499 g/mol. The van der Waals surface area contributed by atoms with Gasteiger partial charge in [-0.05, 0) is 29.7 Å². The molecule has 2 unspecified atom stereocenters. The maximum Gasteiger partial charge on any atom is 0.337 e. The lowest BCUT2D eigenvalue weighted by atomic mass is 9.80. The number of carbonyl (C=O) groups is 1. The molecule has 0 aliphatic carbocycles. The summed E-state index contributed by atoms with van der Waals surface area (Å²) in [7, 11) is 5.68. The van der Waals surface area contributed by atoms with Gasteiger partial charge in [-0.1, -0.05) is 39.0 Å². The summed E-state index contributed by atoms with van der Waals surface area (Å²) in [4.78, 5) is 23.9. The minimum absolute atomic E-state index is 0.287. The standard InChI is InChI=1S/C29H35N6O2/c1-29(2,3)22-13-16-35(5,19-22)26-12-8-11-25(31-26)33(4)24-18-23(32-34-15-14-30-27(24)34)20-9-7-10-21(17-20)28(36)37-6/h7-12,14-15,17-18,22H,13,16,19H2,1-6H3/q+1. The highest BCUT2D eigenvalue weighted by atomic mass is 16.5. The summed E-state index contributed by atoms with van der Waals surface area (Å²) in [6, 6.07) is 15.6. The van der Waals surface area contributed by atoms with Gasteiger partial charge in [0.15, 0.2) is 5.65 Å². The zero-order chi connectivity index (χ0) is 26.4. The number of hydrogen-bond donors (Lipinski definition) is 0. The van der Waals surface area contributed by atoms with E-state index in [2.05, 4.69) is 49.8 Å². The second kappa shape index (κ2) is 9.27. The van der Waals surface area contributed by atoms with E-state index in [-0.39, 0.29) is 11.4 Å². The molecule has 0 amide bonds. The number of ether oxygens (including phenoxy) is 1. The van der Waals surface area contributed by atoms with E-state index in [0.29, 0.717) is 11.5 Å². The van der Waals surface area contributed by atoms with Gasteiger partial charge in [-0.3, -0.25) is 4.48 Å². The van der Waals surface area contributed by atoms with Gasteiger partial charge in [0, 0.05) is 43.4 Å². The fourth-order valence-corrected chi connectivity index (χ4v) is 5.26. The molecule has 1 aromatic carbocycles. The van der Waals surface area contributed by atoms with E-state index in [1.165, 1.54) is 13.5 Å². The predicted octanol–water partition coefficient (Wildman–Crippen LogP) is 5.35. The third-order valence-corrected chi connectivity index (χ3v) is 7.72. The number of pyridine rings is 1. The van der Waals surface area contributed by atoms with Gasteiger partial charge < -0.3 is 9.64 Å². The third-order valence-electron chi connectivity index (χ3n) is 7.72. The lowest BCUT2D eigenvalue weighted by Gasteiger charge is -2.31. The Kier molecular flexibility index (Phi) is 6.23. The molecule has 0 spiro atoms. The molecule has 0 bridgehead atoms. The van der Waals surface area contributed by atoms with Crippen LogP contribution in [0.1, 0.15) is 37.6 Å². The van der Waals surface area contributed by atoms with E-state index in [1.54, 1.807) is 22.8 Å². The fraction of sp³-hybridized carbons (Fsp3) is 0.379. The van der Waals surface area contributed by atoms with Crippen LogP contribution in [0, 0.1) is 11.3 Å². The molecule has 4 aromatic rings. The van der Waals surface area contributed by atoms with Crippen LogP contribution < -0.4 is 9.38 Å². The molecule has 4 heterocycles. The van der Waals surface area contributed by atoms with Crippen LogP contribution in [0.25, 0.3) is 16.9 Å². The first-order valence-corrected chi connectivity index (χ1v) is 12.7. The highest BCUT2D eigenvalue weighted by Gasteiger charge is 2.42. The Balaban J connectivity index is 1.52. The molecule has 0 saturated carbocycles. The Morgan fingerprint density at radius 1 is 1.16 bits per heavy atom. The van der Waals surface area contributed by atoms with Crippen LogP contribution in [0.4, 0.5) is 17.3 Å². The van der Waals surface area contributed by atoms with Crippen LogP contribution in [0.5, 0.6) is 0 Å². The van der Waals surface area contributed by atoms with Crippen LogP contribution in [-0.4, -0.2) is 59.8 Å². The van der Waals surface area contributed by atoms with Gasteiger partial charge in [0.1, 0.15) is 5.82 Å². The summed E-state index contributed by atoms with van der Waals surface area (Å²) in [5.41, 5.74) is 3.92. The summed E-state index contributed by atoms with van der Waals surface area (Å²) in [5, 5.41) is 4.74. The molecular formula is C29H35N6O2+. The average Bonchev–Trinajstić information content (AvgIpc) is 3.55. The van der Waals surface area contributed by atoms with E-state index in [9.17, 15) is 4.79 Å². The minimum Gasteiger partial charge on any atom is -0.465 e. The number of aromatic nitrogens is 4. The molecule has 1 aliphatic rings. The topological polar surface area (TPSA) is 72.6 Å². The fourth-order valence-electron chi connectivity index (χ4n) is 5.26. The van der Waals surface area contributed by atoms with Crippen molar-refractivity contribution in [1.29, 1.82) is 0 Å². The highest BCUT2D eigenvalue weighted by Crippen LogP contribution is 2.39. The van der Waals surface area contributed by atoms with Gasteiger partial charge in [0.2, 0.25) is 5.82 Å². The molecule has 0 N–H and O–H groups in total. The van der Waals surface area contributed by atoms with Gasteiger partial charge in [-0.15, -0.1) is 0 Å². The normalized spacial score (nSPS) is 19.8. The van der Waals surface area contributed by atoms with Gasteiger partial charge in [0.25, 0.3) is 0 Å². The van der Waals surface area contributed by atoms with Gasteiger partial charge >= 0.3 is 5.97 Å². The molecule has 1 saturated heterocycles. The number of imidazole rings is 1. The Morgan fingerprint density at radius 2 is 1.95 bits per heavy atom. The summed E-state index contributed by atoms with van der Waals surface area (Å²) in [5.74, 6) is 2.21. The quantitative estimate of drug-likeness (QED) is 0.272. The molecule has 8 nitrogen and oxygen atoms in total. The number of anilines is 2. The third kappa shape index (κ3) is 4.69. The van der Waals surface area contributed by atoms with Crippen LogP contribution >= 0.6 is 0 Å². The molecule has 1 aliphatic heterocycles. The smallest absolute Gasteiger partial charge is 0.337 e. The van der Waals surface area contributed by atoms with Crippen molar-refractivity contribution in [1.82, 2.24) is 24.1 Å². The van der Waals surface area contributed by atoms with Crippen LogP contribution in [-0.2, 0) is 4.74 Å². The average molecular weight is 500 g/mol. The predicted molar refractivity (Wildman–Crippen MR) is 147 cm³/mol. The van der Waals surface area contributed by atoms with Gasteiger partial charge in [0.05, 0.1) is 44.2 Å². The van der Waals surface area contributed by atoms with Crippen molar-refractivity contribution in [2.24, 2.45) is 11.3 Å². The SMILES string of the molecule is COC(=O)c1cccc(-c2cc(N(C)c3cccc([N+]4(C)CCC(C(C)(C)C)C4)n3)c3nccn3n2)c1. The van der Waals surface area contributed by atoms with Crippen LogP contribution in [0.15, 0.2) is 60.9 Å². The molecule has 5 rings (SSSR count). The maximum absolute atomic E-state index is 12.1. The van der Waals surface area contributed by atoms with Crippen molar-refractivity contribution in [3.8, 4) is 11.3 Å². The molecule has 37 heavy (non-hydrogen) atoms. The number of quaternary nitrogens is 1. The number of methoxy groups -OCH3 is 1. The second-order valence-electron chi connectivity index (χ2n) is 11.2. The first kappa shape index (κ1) is 24.9. The minimum atomic E-state index is -0.379. The van der Waals surface area contributed by atoms with Crippen molar-refractivity contribution in [2.45, 2.75) is 27.2 Å². The number of fused-ring (bicyclic) bond motifs is 1. The van der Waals surface area contributed by atoms with Gasteiger partial charge in [-0.25, -0.2) is 14.3 Å². The van der Waals surface area contributed by atoms with E-state index in [1.807, 2.05) is 37.5 Å². The lowest BCUT2D eigenvalue weighted by molar-refractivity contribution is 0.0601. The van der Waals surface area contributed by atoms with Gasteiger partial charge in [-0.2, -0.15) is 10.1 Å². The molecule has 192 valence electrons. The van der Waals surface area contributed by atoms with E-state index in [4.69, 9.17) is 14.8 Å². The summed E-state index contributed by atoms with van der Waals surface area (Å²) in [6.45, 7) is 9.18. The zero-order valence-corrected chi connectivity index (χ0v) is 22.5. The zero-order valence-electron chi connectivity index (χ0n) is 22.5. The molecular weight excluding hydrogens is 464 g/mol. The number of benzene rings is 1. The van der Waals surface area contributed by atoms with Crippen molar-refractivity contribution in [3.63, 3.8) is 0 Å².